The van der Waals surface area contributed by atoms with E-state index in [2.05, 4.69) is 48.2 Å². The van der Waals surface area contributed by atoms with Crippen LogP contribution in [0.5, 0.6) is 0 Å². The maximum absolute atomic E-state index is 13.5. The van der Waals surface area contributed by atoms with E-state index in [9.17, 15) is 4.79 Å². The first-order valence-corrected chi connectivity index (χ1v) is 13.9. The summed E-state index contributed by atoms with van der Waals surface area (Å²) in [5, 5.41) is 11.6. The molecule has 6 rings (SSSR count). The van der Waals surface area contributed by atoms with Crippen molar-refractivity contribution in [1.82, 2.24) is 14.1 Å². The minimum absolute atomic E-state index is 0.154. The number of nitrogens with zero attached hydrogens (tertiary/aromatic N) is 5. The first-order valence-electron chi connectivity index (χ1n) is 12.3. The second kappa shape index (κ2) is 10.8. The predicted molar refractivity (Wildman–Crippen MR) is 162 cm³/mol. The van der Waals surface area contributed by atoms with E-state index >= 15 is 0 Å². The van der Waals surface area contributed by atoms with Crippen LogP contribution in [-0.2, 0) is 0 Å². The van der Waals surface area contributed by atoms with Gasteiger partial charge < -0.3 is 0 Å². The summed E-state index contributed by atoms with van der Waals surface area (Å²) in [6, 6.07) is 33.4. The molecule has 0 N–H and O–H groups in total. The summed E-state index contributed by atoms with van der Waals surface area (Å²) in [4.78, 5) is 19.0. The number of benzene rings is 4. The van der Waals surface area contributed by atoms with Crippen LogP contribution in [0.1, 0.15) is 11.4 Å². The summed E-state index contributed by atoms with van der Waals surface area (Å²) in [5.74, 6) is 0.404. The number of fused-ring (bicyclic) bond motifs is 1. The summed E-state index contributed by atoms with van der Waals surface area (Å²) < 4.78 is 4.65. The van der Waals surface area contributed by atoms with Gasteiger partial charge in [0.15, 0.2) is 5.82 Å². The average Bonchev–Trinajstić information content (AvgIpc) is 3.39. The fourth-order valence-electron chi connectivity index (χ4n) is 4.34. The third-order valence-electron chi connectivity index (χ3n) is 6.27. The molecule has 8 heteroatoms. The average molecular weight is 593 g/mol. The summed E-state index contributed by atoms with van der Waals surface area (Å²) in [6.45, 7) is 2.01. The maximum Gasteiger partial charge on any atom is 0.266 e. The molecule has 0 fully saturated rings. The Kier molecular flexibility index (Phi) is 6.87. The number of thiazole rings is 1. The van der Waals surface area contributed by atoms with E-state index in [4.69, 9.17) is 4.98 Å². The summed E-state index contributed by atoms with van der Waals surface area (Å²) in [6.07, 6.45) is 1.54. The molecule has 190 valence electrons. The van der Waals surface area contributed by atoms with Crippen LogP contribution in [0.4, 0.5) is 0 Å². The van der Waals surface area contributed by atoms with Crippen molar-refractivity contribution in [2.24, 2.45) is 10.2 Å². The number of aromatic nitrogens is 3. The lowest BCUT2D eigenvalue weighted by Crippen LogP contribution is -2.23. The van der Waals surface area contributed by atoms with Gasteiger partial charge in [0.05, 0.1) is 28.5 Å². The molecule has 39 heavy (non-hydrogen) atoms. The van der Waals surface area contributed by atoms with E-state index < -0.39 is 0 Å². The molecule has 2 aromatic heterocycles. The van der Waals surface area contributed by atoms with E-state index in [0.29, 0.717) is 21.5 Å². The molecular formula is C31H22BrN5OS. The second-order valence-electron chi connectivity index (χ2n) is 8.89. The Labute approximate surface area is 237 Å². The molecule has 0 amide bonds. The molecule has 0 unspecified atom stereocenters. The highest BCUT2D eigenvalue weighted by Gasteiger charge is 2.12. The van der Waals surface area contributed by atoms with Gasteiger partial charge in [0, 0.05) is 15.5 Å². The number of hydrogen-bond acceptors (Lipinski definition) is 5. The lowest BCUT2D eigenvalue weighted by Gasteiger charge is -2.11. The van der Waals surface area contributed by atoms with Gasteiger partial charge in [-0.1, -0.05) is 76.1 Å². The van der Waals surface area contributed by atoms with Gasteiger partial charge in [-0.05, 0) is 61.0 Å². The maximum atomic E-state index is 13.5. The van der Waals surface area contributed by atoms with E-state index in [1.807, 2.05) is 91.9 Å². The SMILES string of the molecule is Cc1ccc(-n2c(/C=N/N=c3/scc(-c4ccccc4)n3-c3ccc(Br)cc3)nc3ccccc3c2=O)cc1. The Morgan fingerprint density at radius 2 is 1.49 bits per heavy atom. The lowest BCUT2D eigenvalue weighted by molar-refractivity contribution is 0.938. The van der Waals surface area contributed by atoms with Crippen LogP contribution in [0.15, 0.2) is 128 Å². The van der Waals surface area contributed by atoms with E-state index in [1.165, 1.54) is 11.3 Å². The molecule has 0 saturated carbocycles. The molecule has 4 aromatic carbocycles. The quantitative estimate of drug-likeness (QED) is 0.161. The first-order chi connectivity index (χ1) is 19.1. The van der Waals surface area contributed by atoms with Crippen molar-refractivity contribution in [3.63, 3.8) is 0 Å². The van der Waals surface area contributed by atoms with Gasteiger partial charge in [0.25, 0.3) is 5.56 Å². The van der Waals surface area contributed by atoms with Gasteiger partial charge >= 0.3 is 0 Å². The third kappa shape index (κ3) is 5.04. The molecule has 0 bridgehead atoms. The minimum atomic E-state index is -0.154. The zero-order chi connectivity index (χ0) is 26.8. The Balaban J connectivity index is 1.51. The Bertz CT molecular complexity index is 1940. The standard InChI is InChI=1S/C31H22BrN5OS/c1-21-11-15-25(16-12-21)37-29(34-27-10-6-5-9-26(27)30(37)38)19-33-35-31-36(24-17-13-23(32)14-18-24)28(20-39-31)22-7-3-2-4-8-22/h2-20H,1H3/b33-19+,35-31+. The molecule has 6 aromatic rings. The van der Waals surface area contributed by atoms with Crippen LogP contribution in [0.25, 0.3) is 33.5 Å². The third-order valence-corrected chi connectivity index (χ3v) is 7.62. The highest BCUT2D eigenvalue weighted by molar-refractivity contribution is 9.10. The number of hydrogen-bond donors (Lipinski definition) is 0. The predicted octanol–water partition coefficient (Wildman–Crippen LogP) is 6.91. The van der Waals surface area contributed by atoms with Gasteiger partial charge in [0.1, 0.15) is 0 Å². The molecule has 0 saturated heterocycles. The minimum Gasteiger partial charge on any atom is -0.284 e. The van der Waals surface area contributed by atoms with E-state index in [1.54, 1.807) is 16.8 Å². The number of halogens is 1. The largest absolute Gasteiger partial charge is 0.284 e. The molecule has 2 heterocycles. The number of para-hydroxylation sites is 1. The van der Waals surface area contributed by atoms with Crippen molar-refractivity contribution >= 4 is 44.4 Å². The fraction of sp³-hybridized carbons (Fsp3) is 0.0323. The van der Waals surface area contributed by atoms with E-state index in [0.717, 1.165) is 32.7 Å². The first kappa shape index (κ1) is 24.9. The summed E-state index contributed by atoms with van der Waals surface area (Å²) in [5.41, 5.74) is 5.34. The Hall–Kier alpha value is -4.40. The smallest absolute Gasteiger partial charge is 0.266 e. The van der Waals surface area contributed by atoms with Crippen LogP contribution in [-0.4, -0.2) is 20.3 Å². The van der Waals surface area contributed by atoms with E-state index in [-0.39, 0.29) is 5.56 Å². The van der Waals surface area contributed by atoms with Crippen LogP contribution in [0.2, 0.25) is 0 Å². The highest BCUT2D eigenvalue weighted by atomic mass is 79.9. The molecule has 0 spiro atoms. The Morgan fingerprint density at radius 3 is 2.26 bits per heavy atom. The van der Waals surface area contributed by atoms with Gasteiger partial charge in [-0.25, -0.2) is 4.98 Å². The number of rotatable bonds is 5. The highest BCUT2D eigenvalue weighted by Crippen LogP contribution is 2.24. The molecule has 0 radical (unpaired) electrons. The molecule has 0 atom stereocenters. The topological polar surface area (TPSA) is 64.5 Å². The van der Waals surface area contributed by atoms with Crippen LogP contribution >= 0.6 is 27.3 Å². The zero-order valence-electron chi connectivity index (χ0n) is 20.9. The fourth-order valence-corrected chi connectivity index (χ4v) is 5.47. The molecule has 0 aliphatic rings. The van der Waals surface area contributed by atoms with Crippen molar-refractivity contribution in [2.75, 3.05) is 0 Å². The monoisotopic (exact) mass is 591 g/mol. The van der Waals surface area contributed by atoms with Gasteiger partial charge in [0.2, 0.25) is 4.80 Å². The van der Waals surface area contributed by atoms with Gasteiger partial charge in [-0.15, -0.1) is 16.4 Å². The summed E-state index contributed by atoms with van der Waals surface area (Å²) in [7, 11) is 0. The lowest BCUT2D eigenvalue weighted by atomic mass is 10.1. The van der Waals surface area contributed by atoms with Crippen LogP contribution in [0, 0.1) is 6.92 Å². The zero-order valence-corrected chi connectivity index (χ0v) is 23.3. The van der Waals surface area contributed by atoms with Crippen molar-refractivity contribution in [3.8, 4) is 22.6 Å². The molecule has 0 aliphatic carbocycles. The van der Waals surface area contributed by atoms with Crippen LogP contribution in [0.3, 0.4) is 0 Å². The van der Waals surface area contributed by atoms with Crippen molar-refractivity contribution in [1.29, 1.82) is 0 Å². The molecular weight excluding hydrogens is 570 g/mol. The molecule has 0 aliphatic heterocycles. The summed E-state index contributed by atoms with van der Waals surface area (Å²) >= 11 is 5.02. The second-order valence-corrected chi connectivity index (χ2v) is 10.6. The molecule has 6 nitrogen and oxygen atoms in total. The van der Waals surface area contributed by atoms with Gasteiger partial charge in [-0.2, -0.15) is 5.10 Å². The van der Waals surface area contributed by atoms with Crippen molar-refractivity contribution < 1.29 is 0 Å². The number of aryl methyl sites for hydroxylation is 1. The van der Waals surface area contributed by atoms with Crippen LogP contribution < -0.4 is 10.4 Å². The van der Waals surface area contributed by atoms with Gasteiger partial charge in [-0.3, -0.25) is 13.9 Å². The Morgan fingerprint density at radius 1 is 0.821 bits per heavy atom. The van der Waals surface area contributed by atoms with Crippen molar-refractivity contribution in [3.05, 3.63) is 140 Å². The van der Waals surface area contributed by atoms with Crippen molar-refractivity contribution in [2.45, 2.75) is 6.92 Å². The normalized spacial score (nSPS) is 12.0.